The number of hydrogen-bond donors (Lipinski definition) is 1. The topological polar surface area (TPSA) is 48.7 Å². The summed E-state index contributed by atoms with van der Waals surface area (Å²) in [7, 11) is 0. The van der Waals surface area contributed by atoms with Crippen LogP contribution >= 0.6 is 11.3 Å². The molecule has 0 radical (unpaired) electrons. The molecule has 1 heterocycles. The predicted octanol–water partition coefficient (Wildman–Crippen LogP) is 2.63. The normalized spacial score (nSPS) is 9.53. The molecule has 74 valence electrons. The lowest BCUT2D eigenvalue weighted by molar-refractivity contribution is 1.10. The second kappa shape index (κ2) is 4.58. The minimum absolute atomic E-state index is 0.666. The van der Waals surface area contributed by atoms with Gasteiger partial charge in [-0.15, -0.1) is 11.3 Å². The molecule has 1 aromatic carbocycles. The number of aromatic nitrogens is 1. The van der Waals surface area contributed by atoms with E-state index in [1.54, 1.807) is 23.6 Å². The van der Waals surface area contributed by atoms with Crippen LogP contribution in [0.3, 0.4) is 0 Å². The van der Waals surface area contributed by atoms with E-state index >= 15 is 0 Å². The SMILES string of the molecule is N#Cc1cccc(NCc2nccs2)c1. The van der Waals surface area contributed by atoms with E-state index in [4.69, 9.17) is 5.26 Å². The van der Waals surface area contributed by atoms with E-state index in [-0.39, 0.29) is 0 Å². The molecule has 15 heavy (non-hydrogen) atoms. The van der Waals surface area contributed by atoms with Gasteiger partial charge in [0.25, 0.3) is 0 Å². The van der Waals surface area contributed by atoms with Crippen molar-refractivity contribution in [2.24, 2.45) is 0 Å². The monoisotopic (exact) mass is 215 g/mol. The first kappa shape index (κ1) is 9.69. The van der Waals surface area contributed by atoms with E-state index in [0.29, 0.717) is 12.1 Å². The Morgan fingerprint density at radius 2 is 2.40 bits per heavy atom. The summed E-state index contributed by atoms with van der Waals surface area (Å²) in [6, 6.07) is 9.52. The van der Waals surface area contributed by atoms with Crippen LogP contribution in [-0.2, 0) is 6.54 Å². The quantitative estimate of drug-likeness (QED) is 0.856. The van der Waals surface area contributed by atoms with Crippen LogP contribution in [0.2, 0.25) is 0 Å². The van der Waals surface area contributed by atoms with Crippen LogP contribution in [0.5, 0.6) is 0 Å². The van der Waals surface area contributed by atoms with Crippen LogP contribution in [0.4, 0.5) is 5.69 Å². The van der Waals surface area contributed by atoms with Crippen LogP contribution in [0.15, 0.2) is 35.8 Å². The van der Waals surface area contributed by atoms with Gasteiger partial charge in [0.1, 0.15) is 5.01 Å². The van der Waals surface area contributed by atoms with E-state index in [1.165, 1.54) is 0 Å². The summed E-state index contributed by atoms with van der Waals surface area (Å²) in [4.78, 5) is 4.16. The summed E-state index contributed by atoms with van der Waals surface area (Å²) in [6.45, 7) is 0.701. The van der Waals surface area contributed by atoms with Crippen molar-refractivity contribution in [3.05, 3.63) is 46.4 Å². The fourth-order valence-electron chi connectivity index (χ4n) is 1.22. The smallest absolute Gasteiger partial charge is 0.112 e. The lowest BCUT2D eigenvalue weighted by Gasteiger charge is -2.03. The van der Waals surface area contributed by atoms with Gasteiger partial charge in [-0.2, -0.15) is 5.26 Å². The zero-order valence-electron chi connectivity index (χ0n) is 7.97. The highest BCUT2D eigenvalue weighted by Gasteiger charge is 1.96. The highest BCUT2D eigenvalue weighted by Crippen LogP contribution is 2.12. The summed E-state index contributed by atoms with van der Waals surface area (Å²) in [6.07, 6.45) is 1.79. The van der Waals surface area contributed by atoms with Crippen molar-refractivity contribution < 1.29 is 0 Å². The largest absolute Gasteiger partial charge is 0.378 e. The van der Waals surface area contributed by atoms with Gasteiger partial charge in [0, 0.05) is 17.3 Å². The molecule has 0 aliphatic rings. The molecule has 0 spiro atoms. The number of nitriles is 1. The summed E-state index contributed by atoms with van der Waals surface area (Å²) in [5.74, 6) is 0. The first-order valence-electron chi connectivity index (χ1n) is 4.51. The minimum atomic E-state index is 0.666. The average Bonchev–Trinajstić information content (AvgIpc) is 2.79. The summed E-state index contributed by atoms with van der Waals surface area (Å²) < 4.78 is 0. The zero-order valence-corrected chi connectivity index (χ0v) is 8.79. The van der Waals surface area contributed by atoms with Gasteiger partial charge < -0.3 is 5.32 Å². The molecular weight excluding hydrogens is 206 g/mol. The molecule has 0 bridgehead atoms. The Morgan fingerprint density at radius 3 is 3.13 bits per heavy atom. The van der Waals surface area contributed by atoms with Crippen molar-refractivity contribution in [1.29, 1.82) is 5.26 Å². The highest BCUT2D eigenvalue weighted by molar-refractivity contribution is 7.09. The molecule has 1 N–H and O–H groups in total. The molecular formula is C11H9N3S. The Kier molecular flexibility index (Phi) is 2.96. The molecule has 0 unspecified atom stereocenters. The highest BCUT2D eigenvalue weighted by atomic mass is 32.1. The van der Waals surface area contributed by atoms with Crippen LogP contribution in [0.1, 0.15) is 10.6 Å². The third-order valence-electron chi connectivity index (χ3n) is 1.92. The summed E-state index contributed by atoms with van der Waals surface area (Å²) in [5.41, 5.74) is 1.61. The third-order valence-corrected chi connectivity index (χ3v) is 2.70. The van der Waals surface area contributed by atoms with Gasteiger partial charge in [-0.25, -0.2) is 4.98 Å². The Labute approximate surface area is 92.0 Å². The molecule has 0 aliphatic heterocycles. The van der Waals surface area contributed by atoms with E-state index in [0.717, 1.165) is 10.7 Å². The number of anilines is 1. The van der Waals surface area contributed by atoms with Crippen LogP contribution in [-0.4, -0.2) is 4.98 Å². The molecule has 4 heteroatoms. The molecule has 0 saturated carbocycles. The van der Waals surface area contributed by atoms with E-state index < -0.39 is 0 Å². The molecule has 0 atom stereocenters. The van der Waals surface area contributed by atoms with Gasteiger partial charge in [-0.05, 0) is 18.2 Å². The van der Waals surface area contributed by atoms with Crippen molar-refractivity contribution in [3.8, 4) is 6.07 Å². The Bertz CT molecular complexity index is 471. The zero-order chi connectivity index (χ0) is 10.5. The molecule has 2 rings (SSSR count). The lowest BCUT2D eigenvalue weighted by atomic mass is 10.2. The Hall–Kier alpha value is -1.86. The lowest BCUT2D eigenvalue weighted by Crippen LogP contribution is -1.98. The molecule has 0 saturated heterocycles. The van der Waals surface area contributed by atoms with Gasteiger partial charge in [0.2, 0.25) is 0 Å². The number of nitrogens with zero attached hydrogens (tertiary/aromatic N) is 2. The minimum Gasteiger partial charge on any atom is -0.378 e. The number of benzene rings is 1. The van der Waals surface area contributed by atoms with Gasteiger partial charge in [0.05, 0.1) is 18.2 Å². The van der Waals surface area contributed by atoms with Crippen molar-refractivity contribution in [2.45, 2.75) is 6.54 Å². The van der Waals surface area contributed by atoms with Crippen molar-refractivity contribution in [2.75, 3.05) is 5.32 Å². The fourth-order valence-corrected chi connectivity index (χ4v) is 1.77. The second-order valence-corrected chi connectivity index (χ2v) is 3.95. The average molecular weight is 215 g/mol. The van der Waals surface area contributed by atoms with Crippen molar-refractivity contribution in [3.63, 3.8) is 0 Å². The second-order valence-electron chi connectivity index (χ2n) is 2.97. The van der Waals surface area contributed by atoms with E-state index in [2.05, 4.69) is 16.4 Å². The molecule has 0 aliphatic carbocycles. The Balaban J connectivity index is 2.02. The number of rotatable bonds is 3. The first-order chi connectivity index (χ1) is 7.38. The molecule has 3 nitrogen and oxygen atoms in total. The molecule has 0 amide bonds. The van der Waals surface area contributed by atoms with Crippen LogP contribution < -0.4 is 5.32 Å². The maximum atomic E-state index is 8.73. The summed E-state index contributed by atoms with van der Waals surface area (Å²) >= 11 is 1.61. The molecule has 1 aromatic heterocycles. The fraction of sp³-hybridized carbons (Fsp3) is 0.0909. The molecule has 0 fully saturated rings. The van der Waals surface area contributed by atoms with Gasteiger partial charge >= 0.3 is 0 Å². The summed E-state index contributed by atoms with van der Waals surface area (Å²) in [5, 5.41) is 14.9. The van der Waals surface area contributed by atoms with E-state index in [1.807, 2.05) is 23.6 Å². The van der Waals surface area contributed by atoms with Crippen LogP contribution in [0, 0.1) is 11.3 Å². The maximum Gasteiger partial charge on any atom is 0.112 e. The predicted molar refractivity (Wildman–Crippen MR) is 60.6 cm³/mol. The van der Waals surface area contributed by atoms with Crippen LogP contribution in [0.25, 0.3) is 0 Å². The van der Waals surface area contributed by atoms with Crippen molar-refractivity contribution >= 4 is 17.0 Å². The van der Waals surface area contributed by atoms with Crippen molar-refractivity contribution in [1.82, 2.24) is 4.98 Å². The van der Waals surface area contributed by atoms with E-state index in [9.17, 15) is 0 Å². The first-order valence-corrected chi connectivity index (χ1v) is 5.39. The third kappa shape index (κ3) is 2.55. The number of nitrogens with one attached hydrogen (secondary N) is 1. The van der Waals surface area contributed by atoms with Gasteiger partial charge in [-0.1, -0.05) is 6.07 Å². The molecule has 2 aromatic rings. The maximum absolute atomic E-state index is 8.73. The Morgan fingerprint density at radius 1 is 1.47 bits per heavy atom. The van der Waals surface area contributed by atoms with Gasteiger partial charge in [0.15, 0.2) is 0 Å². The van der Waals surface area contributed by atoms with Gasteiger partial charge in [-0.3, -0.25) is 0 Å². The standard InChI is InChI=1S/C11H9N3S/c12-7-9-2-1-3-10(6-9)14-8-11-13-4-5-15-11/h1-6,14H,8H2. The number of hydrogen-bond acceptors (Lipinski definition) is 4. The number of thiazole rings is 1.